The van der Waals surface area contributed by atoms with E-state index in [4.69, 9.17) is 4.74 Å². The number of carbonyl (C=O) groups is 1. The number of aryl methyl sites for hydroxylation is 2. The summed E-state index contributed by atoms with van der Waals surface area (Å²) in [4.78, 5) is 18.1. The van der Waals surface area contributed by atoms with E-state index < -0.39 is 0 Å². The Kier molecular flexibility index (Phi) is 7.23. The first-order valence-corrected chi connectivity index (χ1v) is 10.9. The third-order valence-corrected chi connectivity index (χ3v) is 5.93. The van der Waals surface area contributed by atoms with Crippen LogP contribution >= 0.6 is 27.3 Å². The fourth-order valence-electron chi connectivity index (χ4n) is 2.79. The maximum Gasteiger partial charge on any atom is 0.226 e. The Labute approximate surface area is 178 Å². The summed E-state index contributed by atoms with van der Waals surface area (Å²) in [5.41, 5.74) is 3.10. The normalized spacial score (nSPS) is 10.7. The van der Waals surface area contributed by atoms with E-state index in [9.17, 15) is 4.79 Å². The van der Waals surface area contributed by atoms with Gasteiger partial charge < -0.3 is 10.1 Å². The molecule has 0 saturated carbocycles. The zero-order valence-corrected chi connectivity index (χ0v) is 18.4. The van der Waals surface area contributed by atoms with Crippen LogP contribution in [0.1, 0.15) is 30.2 Å². The quantitative estimate of drug-likeness (QED) is 0.406. The second-order valence-corrected chi connectivity index (χ2v) is 8.42. The molecule has 0 unspecified atom stereocenters. The van der Waals surface area contributed by atoms with Crippen molar-refractivity contribution in [3.8, 4) is 17.0 Å². The average molecular weight is 459 g/mol. The highest BCUT2D eigenvalue weighted by atomic mass is 79.9. The summed E-state index contributed by atoms with van der Waals surface area (Å²) in [5, 5.41) is 3.58. The number of carbonyl (C=O) groups excluding carboxylic acids is 1. The molecule has 1 aromatic heterocycles. The van der Waals surface area contributed by atoms with Crippen molar-refractivity contribution in [2.75, 3.05) is 11.9 Å². The van der Waals surface area contributed by atoms with Gasteiger partial charge in [0.05, 0.1) is 12.3 Å². The highest BCUT2D eigenvalue weighted by molar-refractivity contribution is 9.10. The minimum absolute atomic E-state index is 0.0351. The number of nitrogens with one attached hydrogen (secondary N) is 1. The molecule has 0 radical (unpaired) electrons. The van der Waals surface area contributed by atoms with E-state index in [1.807, 2.05) is 55.5 Å². The molecule has 2 aromatic carbocycles. The molecule has 0 aliphatic rings. The lowest BCUT2D eigenvalue weighted by atomic mass is 10.1. The monoisotopic (exact) mass is 458 g/mol. The molecule has 0 atom stereocenters. The largest absolute Gasteiger partial charge is 0.493 e. The highest BCUT2D eigenvalue weighted by Crippen LogP contribution is 2.32. The number of benzene rings is 2. The molecule has 3 rings (SSSR count). The number of nitrogens with zero attached hydrogens (tertiary/aromatic N) is 1. The number of para-hydroxylation sites is 1. The van der Waals surface area contributed by atoms with Crippen molar-refractivity contribution in [2.24, 2.45) is 0 Å². The van der Waals surface area contributed by atoms with Crippen LogP contribution in [0.4, 0.5) is 5.13 Å². The van der Waals surface area contributed by atoms with Gasteiger partial charge >= 0.3 is 0 Å². The fourth-order valence-corrected chi connectivity index (χ4v) is 4.00. The maximum absolute atomic E-state index is 12.3. The van der Waals surface area contributed by atoms with E-state index in [-0.39, 0.29) is 5.91 Å². The summed E-state index contributed by atoms with van der Waals surface area (Å²) in [7, 11) is 0. The third-order valence-electron chi connectivity index (χ3n) is 4.28. The molecule has 1 N–H and O–H groups in total. The number of ether oxygens (including phenoxy) is 1. The van der Waals surface area contributed by atoms with Gasteiger partial charge in [0.1, 0.15) is 5.75 Å². The lowest BCUT2D eigenvalue weighted by Crippen LogP contribution is -2.12. The van der Waals surface area contributed by atoms with Crippen LogP contribution in [0.2, 0.25) is 0 Å². The number of aromatic nitrogens is 1. The fraction of sp³-hybridized carbons (Fsp3) is 0.273. The molecule has 0 fully saturated rings. The first-order chi connectivity index (χ1) is 13.6. The van der Waals surface area contributed by atoms with Crippen LogP contribution in [0.3, 0.4) is 0 Å². The summed E-state index contributed by atoms with van der Waals surface area (Å²) in [5.74, 6) is 0.835. The van der Waals surface area contributed by atoms with Gasteiger partial charge in [-0.25, -0.2) is 4.98 Å². The van der Waals surface area contributed by atoms with Crippen molar-refractivity contribution in [2.45, 2.75) is 33.1 Å². The SMILES string of the molecule is CCc1sc(NC(=O)CCCOc2ccccc2C)nc1-c1ccc(Br)cc1. The Balaban J connectivity index is 1.54. The molecule has 1 heterocycles. The van der Waals surface area contributed by atoms with Crippen molar-refractivity contribution in [1.82, 2.24) is 4.98 Å². The number of amides is 1. The first kappa shape index (κ1) is 20.6. The van der Waals surface area contributed by atoms with Crippen molar-refractivity contribution in [3.05, 3.63) is 63.4 Å². The van der Waals surface area contributed by atoms with Gasteiger partial charge in [0.2, 0.25) is 5.91 Å². The maximum atomic E-state index is 12.3. The second-order valence-electron chi connectivity index (χ2n) is 6.42. The van der Waals surface area contributed by atoms with Gasteiger partial charge in [0.25, 0.3) is 0 Å². The predicted molar refractivity (Wildman–Crippen MR) is 119 cm³/mol. The number of hydrogen-bond donors (Lipinski definition) is 1. The molecule has 4 nitrogen and oxygen atoms in total. The van der Waals surface area contributed by atoms with E-state index in [0.717, 1.165) is 33.5 Å². The molecular weight excluding hydrogens is 436 g/mol. The number of anilines is 1. The molecule has 28 heavy (non-hydrogen) atoms. The summed E-state index contributed by atoms with van der Waals surface area (Å²) < 4.78 is 6.78. The molecule has 146 valence electrons. The second kappa shape index (κ2) is 9.85. The van der Waals surface area contributed by atoms with Crippen LogP contribution in [0.15, 0.2) is 53.0 Å². The Morgan fingerprint density at radius 1 is 1.18 bits per heavy atom. The van der Waals surface area contributed by atoms with Gasteiger partial charge in [-0.05, 0) is 43.5 Å². The Morgan fingerprint density at radius 3 is 2.64 bits per heavy atom. The molecule has 0 bridgehead atoms. The lowest BCUT2D eigenvalue weighted by Gasteiger charge is -2.08. The van der Waals surface area contributed by atoms with Crippen LogP contribution in [-0.2, 0) is 11.2 Å². The zero-order chi connectivity index (χ0) is 19.9. The summed E-state index contributed by atoms with van der Waals surface area (Å²) in [6.45, 7) is 4.63. The molecule has 3 aromatic rings. The summed E-state index contributed by atoms with van der Waals surface area (Å²) >= 11 is 4.99. The standard InChI is InChI=1S/C22H23BrN2O2S/c1-3-19-21(16-10-12-17(23)13-11-16)25-22(28-19)24-20(26)9-6-14-27-18-8-5-4-7-15(18)2/h4-5,7-8,10-13H,3,6,9,14H2,1-2H3,(H,24,25,26). The molecule has 6 heteroatoms. The van der Waals surface area contributed by atoms with Gasteiger partial charge in [-0.1, -0.05) is 53.2 Å². The van der Waals surface area contributed by atoms with Crippen molar-refractivity contribution in [1.29, 1.82) is 0 Å². The summed E-state index contributed by atoms with van der Waals surface area (Å²) in [6, 6.07) is 16.0. The molecule has 0 aliphatic carbocycles. The van der Waals surface area contributed by atoms with Crippen LogP contribution < -0.4 is 10.1 Å². The van der Waals surface area contributed by atoms with Crippen LogP contribution in [0.5, 0.6) is 5.75 Å². The van der Waals surface area contributed by atoms with Gasteiger partial charge in [0.15, 0.2) is 5.13 Å². The number of hydrogen-bond acceptors (Lipinski definition) is 4. The van der Waals surface area contributed by atoms with Gasteiger partial charge in [-0.3, -0.25) is 4.79 Å². The third kappa shape index (κ3) is 5.42. The van der Waals surface area contributed by atoms with Crippen molar-refractivity contribution < 1.29 is 9.53 Å². The van der Waals surface area contributed by atoms with Crippen LogP contribution in [0, 0.1) is 6.92 Å². The van der Waals surface area contributed by atoms with Crippen LogP contribution in [-0.4, -0.2) is 17.5 Å². The first-order valence-electron chi connectivity index (χ1n) is 9.30. The van der Waals surface area contributed by atoms with Crippen molar-refractivity contribution >= 4 is 38.3 Å². The highest BCUT2D eigenvalue weighted by Gasteiger charge is 2.14. The molecule has 1 amide bonds. The Hall–Kier alpha value is -2.18. The Morgan fingerprint density at radius 2 is 1.93 bits per heavy atom. The molecular formula is C22H23BrN2O2S. The van der Waals surface area contributed by atoms with E-state index in [1.165, 1.54) is 16.2 Å². The van der Waals surface area contributed by atoms with Crippen molar-refractivity contribution in [3.63, 3.8) is 0 Å². The zero-order valence-electron chi connectivity index (χ0n) is 16.0. The Bertz CT molecular complexity index is 938. The predicted octanol–water partition coefficient (Wildman–Crippen LogP) is 6.24. The van der Waals surface area contributed by atoms with Crippen LogP contribution in [0.25, 0.3) is 11.3 Å². The summed E-state index contributed by atoms with van der Waals surface area (Å²) in [6.07, 6.45) is 1.94. The minimum Gasteiger partial charge on any atom is -0.493 e. The lowest BCUT2D eigenvalue weighted by molar-refractivity contribution is -0.116. The van der Waals surface area contributed by atoms with E-state index in [1.54, 1.807) is 0 Å². The molecule has 0 saturated heterocycles. The number of halogens is 1. The van der Waals surface area contributed by atoms with E-state index >= 15 is 0 Å². The van der Waals surface area contributed by atoms with Gasteiger partial charge in [0, 0.05) is 21.3 Å². The van der Waals surface area contributed by atoms with E-state index in [0.29, 0.717) is 24.6 Å². The number of thiazole rings is 1. The van der Waals surface area contributed by atoms with Gasteiger partial charge in [-0.2, -0.15) is 0 Å². The topological polar surface area (TPSA) is 51.2 Å². The average Bonchev–Trinajstić information content (AvgIpc) is 3.10. The smallest absolute Gasteiger partial charge is 0.226 e. The van der Waals surface area contributed by atoms with Gasteiger partial charge in [-0.15, -0.1) is 11.3 Å². The van der Waals surface area contributed by atoms with E-state index in [2.05, 4.69) is 33.2 Å². The minimum atomic E-state index is -0.0351. The molecule has 0 aliphatic heterocycles. The number of rotatable bonds is 8. The molecule has 0 spiro atoms.